The third-order valence-electron chi connectivity index (χ3n) is 3.89. The van der Waals surface area contributed by atoms with Gasteiger partial charge in [-0.3, -0.25) is 4.79 Å². The number of nitrogens with one attached hydrogen (secondary N) is 1. The van der Waals surface area contributed by atoms with Gasteiger partial charge in [0.25, 0.3) is 5.91 Å². The van der Waals surface area contributed by atoms with Crippen LogP contribution in [0.5, 0.6) is 5.75 Å². The molecule has 154 valence electrons. The Balaban J connectivity index is 1.79. The molecule has 3 rings (SSSR count). The lowest BCUT2D eigenvalue weighted by Crippen LogP contribution is -2.21. The fourth-order valence-electron chi connectivity index (χ4n) is 2.62. The predicted molar refractivity (Wildman–Crippen MR) is 111 cm³/mol. The number of carbonyl (C=O) groups is 2. The second-order valence-electron chi connectivity index (χ2n) is 5.86. The third-order valence-corrected chi connectivity index (χ3v) is 4.79. The van der Waals surface area contributed by atoms with E-state index >= 15 is 0 Å². The Labute approximate surface area is 175 Å². The van der Waals surface area contributed by atoms with Gasteiger partial charge in [-0.25, -0.2) is 4.79 Å². The van der Waals surface area contributed by atoms with Gasteiger partial charge < -0.3 is 24.9 Å². The highest BCUT2D eigenvalue weighted by molar-refractivity contribution is 7.15. The van der Waals surface area contributed by atoms with E-state index in [4.69, 9.17) is 9.47 Å². The zero-order valence-electron chi connectivity index (χ0n) is 15.9. The number of esters is 1. The first-order chi connectivity index (χ1) is 14.5. The Morgan fingerprint density at radius 3 is 2.67 bits per heavy atom. The van der Waals surface area contributed by atoms with Crippen LogP contribution in [0.1, 0.15) is 17.3 Å². The minimum Gasteiger partial charge on any atom is -0.476 e. The summed E-state index contributed by atoms with van der Waals surface area (Å²) < 4.78 is 10.4. The minimum atomic E-state index is -0.697. The maximum atomic E-state index is 12.5. The Morgan fingerprint density at radius 2 is 1.97 bits per heavy atom. The Hall–Kier alpha value is -3.79. The van der Waals surface area contributed by atoms with Gasteiger partial charge in [0, 0.05) is 10.9 Å². The number of anilines is 1. The van der Waals surface area contributed by atoms with Gasteiger partial charge >= 0.3 is 11.8 Å². The molecule has 0 aliphatic rings. The number of nitrogens with zero attached hydrogens (tertiary/aromatic N) is 2. The summed E-state index contributed by atoms with van der Waals surface area (Å²) in [6.45, 7) is 1.39. The summed E-state index contributed by atoms with van der Waals surface area (Å²) in [6.07, 6.45) is 1.26. The van der Waals surface area contributed by atoms with E-state index < -0.39 is 29.2 Å². The molecule has 0 aliphatic carbocycles. The van der Waals surface area contributed by atoms with Crippen molar-refractivity contribution in [3.05, 3.63) is 69.7 Å². The van der Waals surface area contributed by atoms with Crippen molar-refractivity contribution in [3.63, 3.8) is 0 Å². The highest BCUT2D eigenvalue weighted by Crippen LogP contribution is 2.36. The molecule has 0 saturated heterocycles. The molecule has 0 radical (unpaired) electrons. The van der Waals surface area contributed by atoms with E-state index in [1.54, 1.807) is 12.3 Å². The molecule has 1 aromatic carbocycles. The van der Waals surface area contributed by atoms with Gasteiger partial charge in [-0.05, 0) is 34.5 Å². The first-order valence-corrected chi connectivity index (χ1v) is 9.75. The van der Waals surface area contributed by atoms with Crippen molar-refractivity contribution in [1.82, 2.24) is 4.98 Å². The number of pyridine rings is 1. The third kappa shape index (κ3) is 4.78. The van der Waals surface area contributed by atoms with E-state index in [0.29, 0.717) is 10.6 Å². The van der Waals surface area contributed by atoms with Gasteiger partial charge in [0.1, 0.15) is 16.8 Å². The molecule has 1 N–H and O–H groups in total. The van der Waals surface area contributed by atoms with Crippen LogP contribution in [0.15, 0.2) is 54.0 Å². The van der Waals surface area contributed by atoms with E-state index in [1.165, 1.54) is 29.7 Å². The van der Waals surface area contributed by atoms with Crippen molar-refractivity contribution in [1.29, 1.82) is 0 Å². The van der Waals surface area contributed by atoms with Crippen LogP contribution in [0.25, 0.3) is 11.1 Å². The SMILES string of the molecule is CCOC(=O)c1c(-c2ccccc2)csc1NC(=O)COc1cccnc1[N+](=O)[O-]. The number of rotatable bonds is 8. The number of benzene rings is 1. The van der Waals surface area contributed by atoms with Crippen LogP contribution >= 0.6 is 11.3 Å². The average Bonchev–Trinajstić information content (AvgIpc) is 3.16. The standard InChI is InChI=1S/C20H17N3O6S/c1-2-28-20(25)17-14(13-7-4-3-5-8-13)12-30-19(17)22-16(24)11-29-15-9-6-10-21-18(15)23(26)27/h3-10,12H,2,11H2,1H3,(H,22,24). The Morgan fingerprint density at radius 1 is 1.20 bits per heavy atom. The molecular formula is C20H17N3O6S. The molecule has 0 saturated carbocycles. The summed E-state index contributed by atoms with van der Waals surface area (Å²) in [4.78, 5) is 38.8. The van der Waals surface area contributed by atoms with Crippen LogP contribution in [-0.4, -0.2) is 35.0 Å². The quantitative estimate of drug-likeness (QED) is 0.329. The Kier molecular flexibility index (Phi) is 6.71. The molecule has 0 aliphatic heterocycles. The topological polar surface area (TPSA) is 121 Å². The average molecular weight is 427 g/mol. The van der Waals surface area contributed by atoms with Gasteiger partial charge in [0.2, 0.25) is 5.75 Å². The number of hydrogen-bond donors (Lipinski definition) is 1. The first kappa shape index (κ1) is 20.9. The van der Waals surface area contributed by atoms with Crippen LogP contribution in [0, 0.1) is 10.1 Å². The van der Waals surface area contributed by atoms with Gasteiger partial charge in [-0.2, -0.15) is 0 Å². The second-order valence-corrected chi connectivity index (χ2v) is 6.74. The van der Waals surface area contributed by atoms with E-state index in [2.05, 4.69) is 10.3 Å². The fraction of sp³-hybridized carbons (Fsp3) is 0.150. The maximum absolute atomic E-state index is 12.5. The van der Waals surface area contributed by atoms with Crippen LogP contribution in [-0.2, 0) is 9.53 Å². The number of amides is 1. The molecule has 10 heteroatoms. The normalized spacial score (nSPS) is 10.3. The molecule has 2 aromatic heterocycles. The predicted octanol–water partition coefficient (Wildman–Crippen LogP) is 3.91. The minimum absolute atomic E-state index is 0.126. The molecule has 30 heavy (non-hydrogen) atoms. The largest absolute Gasteiger partial charge is 0.476 e. The maximum Gasteiger partial charge on any atom is 0.406 e. The number of aromatic nitrogens is 1. The van der Waals surface area contributed by atoms with Gasteiger partial charge in [0.05, 0.1) is 6.61 Å². The number of ether oxygens (including phenoxy) is 2. The first-order valence-electron chi connectivity index (χ1n) is 8.87. The van der Waals surface area contributed by atoms with Gasteiger partial charge in [-0.15, -0.1) is 11.3 Å². The summed E-state index contributed by atoms with van der Waals surface area (Å²) >= 11 is 1.17. The van der Waals surface area contributed by atoms with Crippen molar-refractivity contribution < 1.29 is 24.0 Å². The van der Waals surface area contributed by atoms with Crippen LogP contribution in [0.3, 0.4) is 0 Å². The Bertz CT molecular complexity index is 1070. The summed E-state index contributed by atoms with van der Waals surface area (Å²) in [6, 6.07) is 12.1. The highest BCUT2D eigenvalue weighted by atomic mass is 32.1. The lowest BCUT2D eigenvalue weighted by molar-refractivity contribution is -0.390. The van der Waals surface area contributed by atoms with Crippen molar-refractivity contribution in [2.75, 3.05) is 18.5 Å². The number of thiophene rings is 1. The fourth-order valence-corrected chi connectivity index (χ4v) is 3.60. The molecule has 1 amide bonds. The summed E-state index contributed by atoms with van der Waals surface area (Å²) in [5.41, 5.74) is 1.69. The van der Waals surface area contributed by atoms with Crippen LogP contribution < -0.4 is 10.1 Å². The van der Waals surface area contributed by atoms with E-state index in [-0.39, 0.29) is 17.9 Å². The molecule has 0 unspecified atom stereocenters. The van der Waals surface area contributed by atoms with Crippen molar-refractivity contribution in [2.24, 2.45) is 0 Å². The van der Waals surface area contributed by atoms with Crippen molar-refractivity contribution in [3.8, 4) is 16.9 Å². The van der Waals surface area contributed by atoms with Crippen LogP contribution in [0.4, 0.5) is 10.8 Å². The van der Waals surface area contributed by atoms with Crippen molar-refractivity contribution in [2.45, 2.75) is 6.92 Å². The van der Waals surface area contributed by atoms with E-state index in [0.717, 1.165) is 5.56 Å². The summed E-state index contributed by atoms with van der Waals surface area (Å²) in [7, 11) is 0. The molecule has 0 spiro atoms. The lowest BCUT2D eigenvalue weighted by atomic mass is 10.0. The molecule has 0 fully saturated rings. The number of hydrogen-bond acceptors (Lipinski definition) is 8. The lowest BCUT2D eigenvalue weighted by Gasteiger charge is -2.09. The molecular weight excluding hydrogens is 410 g/mol. The number of nitro groups is 1. The van der Waals surface area contributed by atoms with Crippen LogP contribution in [0.2, 0.25) is 0 Å². The zero-order chi connectivity index (χ0) is 21.5. The zero-order valence-corrected chi connectivity index (χ0v) is 16.7. The second kappa shape index (κ2) is 9.61. The smallest absolute Gasteiger partial charge is 0.406 e. The molecule has 0 bridgehead atoms. The van der Waals surface area contributed by atoms with E-state index in [1.807, 2.05) is 30.3 Å². The monoisotopic (exact) mass is 427 g/mol. The molecule has 2 heterocycles. The molecule has 0 atom stereocenters. The number of carbonyl (C=O) groups excluding carboxylic acids is 2. The van der Waals surface area contributed by atoms with Crippen molar-refractivity contribution >= 4 is 34.0 Å². The van der Waals surface area contributed by atoms with Gasteiger partial charge in [0.15, 0.2) is 6.61 Å². The van der Waals surface area contributed by atoms with Gasteiger partial charge in [-0.1, -0.05) is 30.3 Å². The summed E-state index contributed by atoms with van der Waals surface area (Å²) in [5.74, 6) is -1.75. The molecule has 3 aromatic rings. The highest BCUT2D eigenvalue weighted by Gasteiger charge is 2.23. The molecule has 9 nitrogen and oxygen atoms in total. The van der Waals surface area contributed by atoms with E-state index in [9.17, 15) is 19.7 Å². The summed E-state index contributed by atoms with van der Waals surface area (Å²) in [5, 5.41) is 15.7.